The Morgan fingerprint density at radius 1 is 0.952 bits per heavy atom. The summed E-state index contributed by atoms with van der Waals surface area (Å²) in [5, 5.41) is 9.91. The minimum atomic E-state index is -0.189. The summed E-state index contributed by atoms with van der Waals surface area (Å²) < 4.78 is 0. The Hall–Kier alpha value is -0.610. The number of aliphatic hydroxyl groups is 1. The van der Waals surface area contributed by atoms with E-state index < -0.39 is 0 Å². The van der Waals surface area contributed by atoms with Crippen molar-refractivity contribution in [2.24, 2.45) is 23.5 Å². The van der Waals surface area contributed by atoms with Crippen molar-refractivity contribution in [2.75, 3.05) is 0 Å². The molecule has 4 atom stereocenters. The monoisotopic (exact) mass is 292 g/mol. The number of rotatable bonds is 1. The fourth-order valence-corrected chi connectivity index (χ4v) is 5.71. The number of hydrogen-bond acceptors (Lipinski definition) is 3. The highest BCUT2D eigenvalue weighted by atomic mass is 16.3. The first kappa shape index (κ1) is 14.0. The van der Waals surface area contributed by atoms with Crippen molar-refractivity contribution in [1.29, 1.82) is 0 Å². The topological polar surface area (TPSA) is 66.6 Å². The van der Waals surface area contributed by atoms with Gasteiger partial charge in [0.1, 0.15) is 0 Å². The number of amides is 1. The van der Waals surface area contributed by atoms with Gasteiger partial charge in [0.2, 0.25) is 5.91 Å². The van der Waals surface area contributed by atoms with Crippen LogP contribution in [-0.4, -0.2) is 40.1 Å². The lowest BCUT2D eigenvalue weighted by molar-refractivity contribution is -0.145. The van der Waals surface area contributed by atoms with Gasteiger partial charge in [-0.3, -0.25) is 4.79 Å². The summed E-state index contributed by atoms with van der Waals surface area (Å²) in [4.78, 5) is 15.2. The largest absolute Gasteiger partial charge is 0.393 e. The maximum atomic E-state index is 13.1. The second-order valence-corrected chi connectivity index (χ2v) is 7.95. The Morgan fingerprint density at radius 2 is 1.52 bits per heavy atom. The maximum absolute atomic E-state index is 13.1. The minimum absolute atomic E-state index is 0.189. The molecule has 4 bridgehead atoms. The third-order valence-electron chi connectivity index (χ3n) is 6.72. The smallest absolute Gasteiger partial charge is 0.226 e. The van der Waals surface area contributed by atoms with Crippen molar-refractivity contribution in [1.82, 2.24) is 4.90 Å². The molecule has 4 fully saturated rings. The van der Waals surface area contributed by atoms with E-state index in [1.807, 2.05) is 0 Å². The van der Waals surface area contributed by atoms with E-state index in [1.165, 1.54) is 19.3 Å². The van der Waals surface area contributed by atoms with Crippen molar-refractivity contribution in [3.63, 3.8) is 0 Å². The van der Waals surface area contributed by atoms with E-state index in [0.29, 0.717) is 35.9 Å². The van der Waals surface area contributed by atoms with Gasteiger partial charge in [-0.05, 0) is 63.2 Å². The second-order valence-electron chi connectivity index (χ2n) is 7.95. The van der Waals surface area contributed by atoms with Crippen molar-refractivity contribution in [3.05, 3.63) is 0 Å². The standard InChI is InChI=1S/C17H28N2O2/c18-16-10-2-1-3-11(16)7-12(6-10)17(21)19-13-4-5-14(19)9-15(20)8-13/h10-16,20H,1-9,18H2. The quantitative estimate of drug-likeness (QED) is 0.772. The predicted molar refractivity (Wildman–Crippen MR) is 80.4 cm³/mol. The highest BCUT2D eigenvalue weighted by molar-refractivity contribution is 5.80. The van der Waals surface area contributed by atoms with Crippen LogP contribution in [0.4, 0.5) is 0 Å². The van der Waals surface area contributed by atoms with Gasteiger partial charge in [0.05, 0.1) is 6.10 Å². The number of nitrogens with zero attached hydrogens (tertiary/aromatic N) is 1. The highest BCUT2D eigenvalue weighted by Crippen LogP contribution is 2.44. The van der Waals surface area contributed by atoms with Gasteiger partial charge >= 0.3 is 0 Å². The number of aliphatic hydroxyl groups excluding tert-OH is 1. The Balaban J connectivity index is 1.48. The summed E-state index contributed by atoms with van der Waals surface area (Å²) in [6.45, 7) is 0. The number of fused-ring (bicyclic) bond motifs is 4. The summed E-state index contributed by atoms with van der Waals surface area (Å²) in [5.74, 6) is 1.73. The lowest BCUT2D eigenvalue weighted by Gasteiger charge is -2.46. The summed E-state index contributed by atoms with van der Waals surface area (Å²) in [6.07, 6.45) is 9.32. The molecule has 2 aliphatic carbocycles. The molecular formula is C17H28N2O2. The maximum Gasteiger partial charge on any atom is 0.226 e. The van der Waals surface area contributed by atoms with Crippen molar-refractivity contribution >= 4 is 5.91 Å². The lowest BCUT2D eigenvalue weighted by atomic mass is 9.64. The molecule has 4 nitrogen and oxygen atoms in total. The molecule has 21 heavy (non-hydrogen) atoms. The van der Waals surface area contributed by atoms with Gasteiger partial charge in [-0.25, -0.2) is 0 Å². The molecule has 2 saturated carbocycles. The van der Waals surface area contributed by atoms with Gasteiger partial charge in [0.25, 0.3) is 0 Å². The van der Waals surface area contributed by atoms with Crippen LogP contribution in [0.3, 0.4) is 0 Å². The van der Waals surface area contributed by atoms with E-state index >= 15 is 0 Å². The fraction of sp³-hybridized carbons (Fsp3) is 0.941. The molecule has 3 N–H and O–H groups in total. The summed E-state index contributed by atoms with van der Waals surface area (Å²) in [6, 6.07) is 0.950. The van der Waals surface area contributed by atoms with Crippen LogP contribution in [0.25, 0.3) is 0 Å². The molecular weight excluding hydrogens is 264 g/mol. The van der Waals surface area contributed by atoms with Gasteiger partial charge in [-0.2, -0.15) is 0 Å². The molecule has 2 heterocycles. The number of carbonyl (C=O) groups is 1. The fourth-order valence-electron chi connectivity index (χ4n) is 5.71. The lowest BCUT2D eigenvalue weighted by Crippen LogP contribution is -2.54. The summed E-state index contributed by atoms with van der Waals surface area (Å²) in [5.41, 5.74) is 6.35. The van der Waals surface area contributed by atoms with E-state index in [4.69, 9.17) is 5.73 Å². The van der Waals surface area contributed by atoms with Gasteiger partial charge in [0.15, 0.2) is 0 Å². The molecule has 1 amide bonds. The average Bonchev–Trinajstić information content (AvgIpc) is 2.70. The highest BCUT2D eigenvalue weighted by Gasteiger charge is 2.47. The molecule has 4 heteroatoms. The van der Waals surface area contributed by atoms with Crippen molar-refractivity contribution in [3.8, 4) is 0 Å². The van der Waals surface area contributed by atoms with Crippen LogP contribution < -0.4 is 5.73 Å². The van der Waals surface area contributed by atoms with Crippen LogP contribution in [0.1, 0.15) is 57.8 Å². The number of nitrogens with two attached hydrogens (primary N) is 1. The second kappa shape index (κ2) is 5.24. The van der Waals surface area contributed by atoms with E-state index in [-0.39, 0.29) is 12.0 Å². The third kappa shape index (κ3) is 2.31. The van der Waals surface area contributed by atoms with Crippen LogP contribution in [0.5, 0.6) is 0 Å². The van der Waals surface area contributed by atoms with E-state index in [1.54, 1.807) is 0 Å². The van der Waals surface area contributed by atoms with Crippen molar-refractivity contribution in [2.45, 2.75) is 82.0 Å². The number of carbonyl (C=O) groups excluding carboxylic acids is 1. The zero-order chi connectivity index (χ0) is 14.6. The van der Waals surface area contributed by atoms with Crippen molar-refractivity contribution < 1.29 is 9.90 Å². The molecule has 118 valence electrons. The number of piperidine rings is 1. The molecule has 0 aromatic carbocycles. The van der Waals surface area contributed by atoms with Crippen LogP contribution in [0.15, 0.2) is 0 Å². The average molecular weight is 292 g/mol. The van der Waals surface area contributed by atoms with Crippen LogP contribution in [-0.2, 0) is 4.79 Å². The Labute approximate surface area is 127 Å². The Bertz CT molecular complexity index is 399. The van der Waals surface area contributed by atoms with Gasteiger partial charge in [-0.1, -0.05) is 6.42 Å². The zero-order valence-electron chi connectivity index (χ0n) is 12.8. The molecule has 0 spiro atoms. The van der Waals surface area contributed by atoms with Crippen LogP contribution >= 0.6 is 0 Å². The molecule has 4 rings (SSSR count). The van der Waals surface area contributed by atoms with E-state index in [0.717, 1.165) is 38.5 Å². The first-order valence-corrected chi connectivity index (χ1v) is 8.89. The third-order valence-corrected chi connectivity index (χ3v) is 6.72. The van der Waals surface area contributed by atoms with Gasteiger partial charge in [0, 0.05) is 24.0 Å². The molecule has 4 unspecified atom stereocenters. The molecule has 0 aromatic heterocycles. The molecule has 2 aliphatic heterocycles. The van der Waals surface area contributed by atoms with Gasteiger partial charge in [-0.15, -0.1) is 0 Å². The number of hydrogen-bond donors (Lipinski definition) is 2. The summed E-state index contributed by atoms with van der Waals surface area (Å²) in [7, 11) is 0. The first-order valence-electron chi connectivity index (χ1n) is 8.89. The zero-order valence-corrected chi connectivity index (χ0v) is 12.8. The summed E-state index contributed by atoms with van der Waals surface area (Å²) >= 11 is 0. The van der Waals surface area contributed by atoms with E-state index in [9.17, 15) is 9.90 Å². The predicted octanol–water partition coefficient (Wildman–Crippen LogP) is 1.65. The molecule has 0 radical (unpaired) electrons. The Morgan fingerprint density at radius 3 is 2.10 bits per heavy atom. The molecule has 4 aliphatic rings. The first-order chi connectivity index (χ1) is 10.1. The van der Waals surface area contributed by atoms with E-state index in [2.05, 4.69) is 4.90 Å². The van der Waals surface area contributed by atoms with Crippen LogP contribution in [0.2, 0.25) is 0 Å². The SMILES string of the molecule is NC1C2CCCC1CC(C(=O)N1C3CCC1CC(O)C3)C2. The Kier molecular flexibility index (Phi) is 3.49. The molecule has 0 aromatic rings. The minimum Gasteiger partial charge on any atom is -0.393 e. The van der Waals surface area contributed by atoms with Gasteiger partial charge < -0.3 is 15.7 Å². The normalized spacial score (nSPS) is 49.2. The molecule has 2 saturated heterocycles. The van der Waals surface area contributed by atoms with Crippen LogP contribution in [0, 0.1) is 17.8 Å².